The average Bonchev–Trinajstić information content (AvgIpc) is 3.34. The Labute approximate surface area is 195 Å². The van der Waals surface area contributed by atoms with E-state index < -0.39 is 12.3 Å². The van der Waals surface area contributed by atoms with Crippen LogP contribution in [0.15, 0.2) is 34.2 Å². The predicted molar refractivity (Wildman–Crippen MR) is 126 cm³/mol. The SMILES string of the molecule is CCN1C(=O)N(CC)C2C1NN=c1s/c(=C3\C(=O)N(CC(C)(C)C)c4ccccc43)c(=O)n12. The Hall–Kier alpha value is -3.14. The van der Waals surface area contributed by atoms with Gasteiger partial charge in [0, 0.05) is 25.2 Å². The lowest BCUT2D eigenvalue weighted by atomic mass is 9.96. The molecular formula is C23H28N6O3S. The van der Waals surface area contributed by atoms with Crippen molar-refractivity contribution in [1.29, 1.82) is 0 Å². The van der Waals surface area contributed by atoms with Gasteiger partial charge >= 0.3 is 6.03 Å². The zero-order valence-electron chi connectivity index (χ0n) is 19.5. The summed E-state index contributed by atoms with van der Waals surface area (Å²) in [4.78, 5) is 45.9. The highest BCUT2D eigenvalue weighted by Gasteiger charge is 2.48. The maximum absolute atomic E-state index is 13.8. The van der Waals surface area contributed by atoms with Gasteiger partial charge in [0.2, 0.25) is 4.80 Å². The molecule has 3 aliphatic heterocycles. The van der Waals surface area contributed by atoms with E-state index in [4.69, 9.17) is 0 Å². The summed E-state index contributed by atoms with van der Waals surface area (Å²) in [5.74, 6) is -0.169. The second-order valence-corrected chi connectivity index (χ2v) is 10.7. The Morgan fingerprint density at radius 3 is 2.42 bits per heavy atom. The smallest absolute Gasteiger partial charge is 0.307 e. The van der Waals surface area contributed by atoms with Crippen molar-refractivity contribution in [3.8, 4) is 0 Å². The molecular weight excluding hydrogens is 440 g/mol. The summed E-state index contributed by atoms with van der Waals surface area (Å²) >= 11 is 1.20. The van der Waals surface area contributed by atoms with E-state index in [-0.39, 0.29) is 22.9 Å². The molecule has 3 aliphatic rings. The first-order valence-electron chi connectivity index (χ1n) is 11.2. The molecule has 1 fully saturated rings. The Morgan fingerprint density at radius 2 is 1.76 bits per heavy atom. The third kappa shape index (κ3) is 3.11. The number of aromatic nitrogens is 1. The van der Waals surface area contributed by atoms with Crippen molar-refractivity contribution in [3.63, 3.8) is 0 Å². The summed E-state index contributed by atoms with van der Waals surface area (Å²) in [6, 6.07) is 7.47. The molecule has 2 aromatic rings. The van der Waals surface area contributed by atoms with Gasteiger partial charge in [-0.2, -0.15) is 0 Å². The third-order valence-electron chi connectivity index (χ3n) is 6.26. The largest absolute Gasteiger partial charge is 0.323 e. The van der Waals surface area contributed by atoms with Gasteiger partial charge < -0.3 is 4.90 Å². The highest BCUT2D eigenvalue weighted by molar-refractivity contribution is 7.07. The lowest BCUT2D eigenvalue weighted by Gasteiger charge is -2.29. The van der Waals surface area contributed by atoms with Gasteiger partial charge in [-0.1, -0.05) is 50.3 Å². The number of urea groups is 1. The first kappa shape index (κ1) is 21.7. The van der Waals surface area contributed by atoms with Crippen LogP contribution in [0.25, 0.3) is 5.57 Å². The number of amides is 3. The number of carbonyl (C=O) groups is 2. The van der Waals surface area contributed by atoms with Gasteiger partial charge in [-0.25, -0.2) is 4.79 Å². The van der Waals surface area contributed by atoms with Crippen molar-refractivity contribution in [1.82, 2.24) is 19.8 Å². The van der Waals surface area contributed by atoms with E-state index in [1.807, 2.05) is 38.1 Å². The van der Waals surface area contributed by atoms with Crippen LogP contribution >= 0.6 is 11.3 Å². The van der Waals surface area contributed by atoms with Gasteiger partial charge in [0.1, 0.15) is 4.53 Å². The summed E-state index contributed by atoms with van der Waals surface area (Å²) in [6.45, 7) is 11.6. The number of para-hydroxylation sites is 1. The van der Waals surface area contributed by atoms with E-state index in [1.54, 1.807) is 19.3 Å². The van der Waals surface area contributed by atoms with Crippen LogP contribution < -0.4 is 25.2 Å². The van der Waals surface area contributed by atoms with Crippen molar-refractivity contribution in [3.05, 3.63) is 49.5 Å². The minimum atomic E-state index is -0.509. The van der Waals surface area contributed by atoms with E-state index in [9.17, 15) is 14.4 Å². The molecule has 1 N–H and O–H groups in total. The lowest BCUT2D eigenvalue weighted by Crippen LogP contribution is -2.53. The number of nitrogens with one attached hydrogen (secondary N) is 1. The molecule has 5 rings (SSSR count). The molecule has 0 spiro atoms. The predicted octanol–water partition coefficient (Wildman–Crippen LogP) is 1.24. The molecule has 9 nitrogen and oxygen atoms in total. The molecule has 0 bridgehead atoms. The zero-order valence-corrected chi connectivity index (χ0v) is 20.3. The normalized spacial score (nSPS) is 23.4. The fourth-order valence-electron chi connectivity index (χ4n) is 4.90. The molecule has 1 aromatic carbocycles. The molecule has 10 heteroatoms. The number of hydrogen-bond acceptors (Lipinski definition) is 6. The maximum Gasteiger partial charge on any atom is 0.323 e. The standard InChI is InChI=1S/C23H28N6O3S/c1-6-26-17-18(27(7-2)22(26)32)29-20(31)16(33-21(29)25-24-17)15-13-10-8-9-11-14(13)28(19(15)30)12-23(3,4)5/h8-11,17-18,24H,6-7,12H2,1-5H3/b16-15-. The van der Waals surface area contributed by atoms with Crippen LogP contribution in [0, 0.1) is 5.41 Å². The summed E-state index contributed by atoms with van der Waals surface area (Å²) in [5.41, 5.74) is 4.68. The molecule has 4 heterocycles. The van der Waals surface area contributed by atoms with Crippen molar-refractivity contribution < 1.29 is 9.59 Å². The van der Waals surface area contributed by atoms with E-state index >= 15 is 0 Å². The average molecular weight is 469 g/mol. The fourth-order valence-corrected chi connectivity index (χ4v) is 5.96. The number of carbonyl (C=O) groups excluding carboxylic acids is 2. The van der Waals surface area contributed by atoms with Crippen LogP contribution in [0.5, 0.6) is 0 Å². The Bertz CT molecular complexity index is 1340. The number of anilines is 1. The van der Waals surface area contributed by atoms with Crippen molar-refractivity contribution >= 4 is 34.5 Å². The van der Waals surface area contributed by atoms with Gasteiger partial charge in [0.05, 0.1) is 11.3 Å². The summed E-state index contributed by atoms with van der Waals surface area (Å²) in [5, 5.41) is 4.42. The minimum absolute atomic E-state index is 0.107. The van der Waals surface area contributed by atoms with Gasteiger partial charge in [-0.3, -0.25) is 29.4 Å². The van der Waals surface area contributed by atoms with E-state index in [0.717, 1.165) is 11.3 Å². The number of benzene rings is 1. The van der Waals surface area contributed by atoms with Crippen LogP contribution in [0.4, 0.5) is 10.5 Å². The highest BCUT2D eigenvalue weighted by atomic mass is 32.1. The molecule has 2 unspecified atom stereocenters. The summed E-state index contributed by atoms with van der Waals surface area (Å²) < 4.78 is 1.94. The quantitative estimate of drug-likeness (QED) is 0.734. The lowest BCUT2D eigenvalue weighted by molar-refractivity contribution is -0.113. The Balaban J connectivity index is 1.73. The van der Waals surface area contributed by atoms with Crippen molar-refractivity contribution in [2.24, 2.45) is 10.5 Å². The molecule has 1 saturated heterocycles. The molecule has 3 amide bonds. The number of thiazole rings is 1. The molecule has 0 radical (unpaired) electrons. The minimum Gasteiger partial charge on any atom is -0.307 e. The Kier molecular flexibility index (Phi) is 4.89. The molecule has 174 valence electrons. The summed E-state index contributed by atoms with van der Waals surface area (Å²) in [6.07, 6.45) is -0.936. The van der Waals surface area contributed by atoms with Gasteiger partial charge in [-0.15, -0.1) is 5.10 Å². The van der Waals surface area contributed by atoms with E-state index in [0.29, 0.717) is 34.5 Å². The van der Waals surface area contributed by atoms with Crippen LogP contribution in [0.3, 0.4) is 0 Å². The second-order valence-electron chi connectivity index (χ2n) is 9.69. The number of rotatable bonds is 3. The molecule has 1 aromatic heterocycles. The van der Waals surface area contributed by atoms with Crippen LogP contribution in [0.1, 0.15) is 46.3 Å². The monoisotopic (exact) mass is 468 g/mol. The summed E-state index contributed by atoms with van der Waals surface area (Å²) in [7, 11) is 0. The van der Waals surface area contributed by atoms with Gasteiger partial charge in [0.15, 0.2) is 12.3 Å². The molecule has 33 heavy (non-hydrogen) atoms. The molecule has 0 aliphatic carbocycles. The number of fused-ring (bicyclic) bond motifs is 4. The van der Waals surface area contributed by atoms with Gasteiger partial charge in [0.25, 0.3) is 11.5 Å². The van der Waals surface area contributed by atoms with E-state index in [1.165, 1.54) is 11.3 Å². The highest BCUT2D eigenvalue weighted by Crippen LogP contribution is 2.37. The third-order valence-corrected chi connectivity index (χ3v) is 7.32. The molecule has 0 saturated carbocycles. The fraction of sp³-hybridized carbons (Fsp3) is 0.478. The number of hydrogen-bond donors (Lipinski definition) is 1. The van der Waals surface area contributed by atoms with Crippen LogP contribution in [-0.4, -0.2) is 52.1 Å². The maximum atomic E-state index is 13.8. The van der Waals surface area contributed by atoms with Gasteiger partial charge in [-0.05, 0) is 25.3 Å². The number of nitrogens with zero attached hydrogens (tertiary/aromatic N) is 5. The van der Waals surface area contributed by atoms with Crippen LogP contribution in [0.2, 0.25) is 0 Å². The van der Waals surface area contributed by atoms with Crippen molar-refractivity contribution in [2.45, 2.75) is 47.0 Å². The van der Waals surface area contributed by atoms with Crippen molar-refractivity contribution in [2.75, 3.05) is 24.5 Å². The van der Waals surface area contributed by atoms with E-state index in [2.05, 4.69) is 31.3 Å². The second kappa shape index (κ2) is 7.44. The first-order chi connectivity index (χ1) is 15.7. The Morgan fingerprint density at radius 1 is 1.06 bits per heavy atom. The zero-order chi connectivity index (χ0) is 23.7. The number of likely N-dealkylation sites (N-methyl/N-ethyl adjacent to an activating group) is 2. The topological polar surface area (TPSA) is 90.2 Å². The van der Waals surface area contributed by atoms with Crippen LogP contribution in [-0.2, 0) is 4.79 Å². The first-order valence-corrected chi connectivity index (χ1v) is 12.1. The molecule has 2 atom stereocenters.